The Bertz CT molecular complexity index is 37.3. The highest BCUT2D eigenvalue weighted by Gasteiger charge is 1.99. The molecule has 0 N–H and O–H groups in total. The van der Waals surface area contributed by atoms with Crippen molar-refractivity contribution in [3.05, 3.63) is 0 Å². The third-order valence-electron chi connectivity index (χ3n) is 0.650. The third kappa shape index (κ3) is 6.77. The van der Waals surface area contributed by atoms with Crippen molar-refractivity contribution >= 4 is 27.5 Å². The molecule has 0 fully saturated rings. The van der Waals surface area contributed by atoms with Crippen molar-refractivity contribution < 1.29 is 0 Å². The van der Waals surface area contributed by atoms with Crippen molar-refractivity contribution in [3.63, 3.8) is 0 Å². The van der Waals surface area contributed by atoms with Crippen molar-refractivity contribution in [2.75, 3.05) is 0 Å². The minimum atomic E-state index is 0.160. The molecular formula is C5H10BrCl. The monoisotopic (exact) mass is 184 g/mol. The van der Waals surface area contributed by atoms with Gasteiger partial charge in [-0.3, -0.25) is 0 Å². The number of hydrogen-bond acceptors (Lipinski definition) is 0. The van der Waals surface area contributed by atoms with Crippen LogP contribution in [0.2, 0.25) is 0 Å². The predicted octanol–water partition coefficient (Wildman–Crippen LogP) is 2.99. The maximum absolute atomic E-state index is 5.59. The Kier molecular flexibility index (Phi) is 4.14. The maximum atomic E-state index is 5.59. The summed E-state index contributed by atoms with van der Waals surface area (Å²) in [5.41, 5.74) is 0. The second kappa shape index (κ2) is 3.73. The van der Waals surface area contributed by atoms with Gasteiger partial charge in [0.05, 0.1) is 4.29 Å². The van der Waals surface area contributed by atoms with Crippen molar-refractivity contribution in [2.24, 2.45) is 5.92 Å². The SMILES string of the molecule is CC(C)CC(Cl)Br. The fraction of sp³-hybridized carbons (Fsp3) is 1.00. The van der Waals surface area contributed by atoms with Gasteiger partial charge in [-0.05, 0) is 12.3 Å². The summed E-state index contributed by atoms with van der Waals surface area (Å²) in [5, 5.41) is 0. The lowest BCUT2D eigenvalue weighted by atomic mass is 10.2. The van der Waals surface area contributed by atoms with E-state index in [0.29, 0.717) is 5.92 Å². The highest BCUT2D eigenvalue weighted by Crippen LogP contribution is 2.15. The third-order valence-corrected chi connectivity index (χ3v) is 1.20. The van der Waals surface area contributed by atoms with Crippen LogP contribution in [0.15, 0.2) is 0 Å². The molecule has 44 valence electrons. The minimum Gasteiger partial charge on any atom is -0.110 e. The normalized spacial score (nSPS) is 15.0. The molecule has 7 heavy (non-hydrogen) atoms. The van der Waals surface area contributed by atoms with Crippen LogP contribution in [0.5, 0.6) is 0 Å². The van der Waals surface area contributed by atoms with Crippen LogP contribution in [-0.4, -0.2) is 4.29 Å². The van der Waals surface area contributed by atoms with E-state index in [4.69, 9.17) is 11.6 Å². The zero-order valence-electron chi connectivity index (χ0n) is 4.62. The van der Waals surface area contributed by atoms with Crippen LogP contribution >= 0.6 is 27.5 Å². The summed E-state index contributed by atoms with van der Waals surface area (Å²) < 4.78 is 0.160. The van der Waals surface area contributed by atoms with E-state index in [0.717, 1.165) is 6.42 Å². The van der Waals surface area contributed by atoms with Crippen molar-refractivity contribution in [1.82, 2.24) is 0 Å². The molecule has 0 spiro atoms. The van der Waals surface area contributed by atoms with Gasteiger partial charge in [0, 0.05) is 0 Å². The van der Waals surface area contributed by atoms with Gasteiger partial charge in [0.15, 0.2) is 0 Å². The second-order valence-corrected chi connectivity index (χ2v) is 4.18. The van der Waals surface area contributed by atoms with E-state index < -0.39 is 0 Å². The van der Waals surface area contributed by atoms with Gasteiger partial charge in [-0.2, -0.15) is 0 Å². The Balaban J connectivity index is 2.95. The summed E-state index contributed by atoms with van der Waals surface area (Å²) in [6.07, 6.45) is 1.04. The van der Waals surface area contributed by atoms with E-state index in [9.17, 15) is 0 Å². The summed E-state index contributed by atoms with van der Waals surface area (Å²) >= 11 is 8.83. The Morgan fingerprint density at radius 1 is 1.57 bits per heavy atom. The van der Waals surface area contributed by atoms with Crippen LogP contribution < -0.4 is 0 Å². The van der Waals surface area contributed by atoms with Crippen LogP contribution in [0.3, 0.4) is 0 Å². The molecule has 0 heterocycles. The van der Waals surface area contributed by atoms with Crippen molar-refractivity contribution in [2.45, 2.75) is 24.6 Å². The number of halogens is 2. The molecule has 0 amide bonds. The van der Waals surface area contributed by atoms with Crippen LogP contribution in [0.25, 0.3) is 0 Å². The maximum Gasteiger partial charge on any atom is 0.0888 e. The van der Waals surface area contributed by atoms with Gasteiger partial charge in [0.25, 0.3) is 0 Å². The molecule has 1 atom stereocenters. The van der Waals surface area contributed by atoms with E-state index in [1.807, 2.05) is 0 Å². The molecular weight excluding hydrogens is 175 g/mol. The zero-order valence-corrected chi connectivity index (χ0v) is 6.96. The molecule has 2 heteroatoms. The quantitative estimate of drug-likeness (QED) is 0.580. The smallest absolute Gasteiger partial charge is 0.0888 e. The van der Waals surface area contributed by atoms with Crippen LogP contribution in [-0.2, 0) is 0 Å². The Labute approximate surface area is 58.4 Å². The Morgan fingerprint density at radius 2 is 2.00 bits per heavy atom. The first kappa shape index (κ1) is 7.77. The van der Waals surface area contributed by atoms with E-state index >= 15 is 0 Å². The largest absolute Gasteiger partial charge is 0.110 e. The predicted molar refractivity (Wildman–Crippen MR) is 38.0 cm³/mol. The minimum absolute atomic E-state index is 0.160. The summed E-state index contributed by atoms with van der Waals surface area (Å²) in [6, 6.07) is 0. The number of hydrogen-bond donors (Lipinski definition) is 0. The fourth-order valence-electron chi connectivity index (χ4n) is 0.356. The van der Waals surface area contributed by atoms with Gasteiger partial charge in [-0.1, -0.05) is 29.8 Å². The number of alkyl halides is 2. The Morgan fingerprint density at radius 3 is 2.00 bits per heavy atom. The lowest BCUT2D eigenvalue weighted by molar-refractivity contribution is 0.620. The Hall–Kier alpha value is 0.770. The molecule has 0 saturated heterocycles. The first-order valence-corrected chi connectivity index (χ1v) is 3.76. The van der Waals surface area contributed by atoms with Crippen molar-refractivity contribution in [1.29, 1.82) is 0 Å². The van der Waals surface area contributed by atoms with Gasteiger partial charge >= 0.3 is 0 Å². The van der Waals surface area contributed by atoms with E-state index in [2.05, 4.69) is 29.8 Å². The fourth-order valence-corrected chi connectivity index (χ4v) is 1.46. The van der Waals surface area contributed by atoms with Gasteiger partial charge in [0.1, 0.15) is 0 Å². The van der Waals surface area contributed by atoms with E-state index in [1.54, 1.807) is 0 Å². The molecule has 1 unspecified atom stereocenters. The summed E-state index contributed by atoms with van der Waals surface area (Å²) in [6.45, 7) is 4.30. The van der Waals surface area contributed by atoms with Gasteiger partial charge in [-0.25, -0.2) is 0 Å². The summed E-state index contributed by atoms with van der Waals surface area (Å²) in [5.74, 6) is 0.696. The molecule has 0 rings (SSSR count). The molecule has 0 aliphatic carbocycles. The summed E-state index contributed by atoms with van der Waals surface area (Å²) in [4.78, 5) is 0. The van der Waals surface area contributed by atoms with Gasteiger partial charge < -0.3 is 0 Å². The molecule has 0 saturated carbocycles. The molecule has 0 aromatic heterocycles. The molecule has 0 aliphatic heterocycles. The van der Waals surface area contributed by atoms with Crippen LogP contribution in [0, 0.1) is 5.92 Å². The molecule has 0 aromatic carbocycles. The van der Waals surface area contributed by atoms with E-state index in [1.165, 1.54) is 0 Å². The highest BCUT2D eigenvalue weighted by atomic mass is 79.9. The lowest BCUT2D eigenvalue weighted by Gasteiger charge is -2.02. The number of rotatable bonds is 2. The lowest BCUT2D eigenvalue weighted by Crippen LogP contribution is -1.92. The first-order valence-electron chi connectivity index (χ1n) is 2.41. The average Bonchev–Trinajstić information content (AvgIpc) is 1.27. The van der Waals surface area contributed by atoms with Crippen LogP contribution in [0.4, 0.5) is 0 Å². The highest BCUT2D eigenvalue weighted by molar-refractivity contribution is 9.10. The summed E-state index contributed by atoms with van der Waals surface area (Å²) in [7, 11) is 0. The molecule has 0 bridgehead atoms. The average molecular weight is 185 g/mol. The second-order valence-electron chi connectivity index (χ2n) is 2.02. The standard InChI is InChI=1S/C5H10BrCl/c1-4(2)3-5(6)7/h4-5H,3H2,1-2H3. The zero-order chi connectivity index (χ0) is 5.86. The first-order chi connectivity index (χ1) is 3.13. The van der Waals surface area contributed by atoms with Crippen LogP contribution in [0.1, 0.15) is 20.3 Å². The molecule has 0 aromatic rings. The molecule has 0 aliphatic rings. The van der Waals surface area contributed by atoms with Gasteiger partial charge in [-0.15, -0.1) is 11.6 Å². The van der Waals surface area contributed by atoms with Gasteiger partial charge in [0.2, 0.25) is 0 Å². The molecule has 0 radical (unpaired) electrons. The van der Waals surface area contributed by atoms with E-state index in [-0.39, 0.29) is 4.29 Å². The molecule has 0 nitrogen and oxygen atoms in total. The van der Waals surface area contributed by atoms with Crippen molar-refractivity contribution in [3.8, 4) is 0 Å². The topological polar surface area (TPSA) is 0 Å².